The van der Waals surface area contributed by atoms with Gasteiger partial charge in [0.15, 0.2) is 11.5 Å². The molecule has 6 aromatic rings. The first-order valence-corrected chi connectivity index (χ1v) is 15.0. The van der Waals surface area contributed by atoms with Gasteiger partial charge in [-0.15, -0.1) is 0 Å². The number of aromatic nitrogens is 6. The Labute approximate surface area is 261 Å². The SMILES string of the molecule is COc1cc(-c2nc3ccccn3c2-c2ccnc(Nc3cnn(CCN4CCOCC4)c3)n2)ccc1OCc1ccccc1. The number of hydrogen-bond acceptors (Lipinski definition) is 9. The van der Waals surface area contributed by atoms with Crippen LogP contribution in [0.15, 0.2) is 97.6 Å². The van der Waals surface area contributed by atoms with Gasteiger partial charge in [0, 0.05) is 43.8 Å². The van der Waals surface area contributed by atoms with Gasteiger partial charge in [-0.2, -0.15) is 5.10 Å². The smallest absolute Gasteiger partial charge is 0.227 e. The average Bonchev–Trinajstić information content (AvgIpc) is 3.72. The third-order valence-corrected chi connectivity index (χ3v) is 7.74. The van der Waals surface area contributed by atoms with Crippen LogP contribution in [0.2, 0.25) is 0 Å². The van der Waals surface area contributed by atoms with Crippen LogP contribution in [0.3, 0.4) is 0 Å². The van der Waals surface area contributed by atoms with Crippen LogP contribution in [0.25, 0.3) is 28.3 Å². The van der Waals surface area contributed by atoms with E-state index in [0.717, 1.165) is 78.9 Å². The number of fused-ring (bicyclic) bond motifs is 1. The quantitative estimate of drug-likeness (QED) is 0.211. The summed E-state index contributed by atoms with van der Waals surface area (Å²) >= 11 is 0. The van der Waals surface area contributed by atoms with Gasteiger partial charge in [0.2, 0.25) is 5.95 Å². The number of rotatable bonds is 11. The predicted octanol–water partition coefficient (Wildman–Crippen LogP) is 5.32. The van der Waals surface area contributed by atoms with Crippen LogP contribution < -0.4 is 14.8 Å². The minimum Gasteiger partial charge on any atom is -0.493 e. The third kappa shape index (κ3) is 6.49. The molecule has 7 rings (SSSR count). The lowest BCUT2D eigenvalue weighted by atomic mass is 10.1. The van der Waals surface area contributed by atoms with E-state index in [1.54, 1.807) is 19.5 Å². The largest absolute Gasteiger partial charge is 0.493 e. The van der Waals surface area contributed by atoms with Crippen molar-refractivity contribution >= 4 is 17.3 Å². The second-order valence-electron chi connectivity index (χ2n) is 10.7. The van der Waals surface area contributed by atoms with E-state index in [4.69, 9.17) is 24.2 Å². The van der Waals surface area contributed by atoms with Crippen molar-refractivity contribution in [3.63, 3.8) is 0 Å². The zero-order valence-electron chi connectivity index (χ0n) is 25.0. The lowest BCUT2D eigenvalue weighted by molar-refractivity contribution is 0.0360. The number of imidazole rings is 1. The van der Waals surface area contributed by atoms with Crippen LogP contribution in [0.4, 0.5) is 11.6 Å². The highest BCUT2D eigenvalue weighted by molar-refractivity contribution is 5.81. The molecule has 0 aliphatic carbocycles. The number of methoxy groups -OCH3 is 1. The topological polar surface area (TPSA) is 104 Å². The molecule has 0 atom stereocenters. The first kappa shape index (κ1) is 28.5. The molecule has 1 N–H and O–H groups in total. The molecule has 0 unspecified atom stereocenters. The molecule has 45 heavy (non-hydrogen) atoms. The fourth-order valence-electron chi connectivity index (χ4n) is 5.41. The number of nitrogens with one attached hydrogen (secondary N) is 1. The second kappa shape index (κ2) is 13.2. The van der Waals surface area contributed by atoms with Crippen molar-refractivity contribution in [2.45, 2.75) is 13.2 Å². The van der Waals surface area contributed by atoms with E-state index >= 15 is 0 Å². The van der Waals surface area contributed by atoms with E-state index in [0.29, 0.717) is 24.1 Å². The molecule has 0 spiro atoms. The maximum absolute atomic E-state index is 6.11. The van der Waals surface area contributed by atoms with Crippen LogP contribution >= 0.6 is 0 Å². The van der Waals surface area contributed by atoms with E-state index in [9.17, 15) is 0 Å². The lowest BCUT2D eigenvalue weighted by Crippen LogP contribution is -2.38. The van der Waals surface area contributed by atoms with Crippen molar-refractivity contribution in [2.24, 2.45) is 0 Å². The molecule has 0 amide bonds. The molecule has 1 saturated heterocycles. The zero-order valence-corrected chi connectivity index (χ0v) is 25.0. The van der Waals surface area contributed by atoms with Crippen molar-refractivity contribution in [1.29, 1.82) is 0 Å². The molecule has 1 aliphatic rings. The van der Waals surface area contributed by atoms with Crippen molar-refractivity contribution in [3.05, 3.63) is 103 Å². The Morgan fingerprint density at radius 3 is 2.64 bits per heavy atom. The van der Waals surface area contributed by atoms with E-state index in [-0.39, 0.29) is 0 Å². The molecule has 5 heterocycles. The van der Waals surface area contributed by atoms with Gasteiger partial charge in [0.1, 0.15) is 12.3 Å². The van der Waals surface area contributed by atoms with Crippen LogP contribution in [0.1, 0.15) is 5.56 Å². The van der Waals surface area contributed by atoms with E-state index in [1.807, 2.05) is 94.3 Å². The van der Waals surface area contributed by atoms with E-state index < -0.39 is 0 Å². The highest BCUT2D eigenvalue weighted by atomic mass is 16.5. The van der Waals surface area contributed by atoms with Gasteiger partial charge in [-0.05, 0) is 42.0 Å². The molecular formula is C34H34N8O3. The normalized spacial score (nSPS) is 13.6. The first-order chi connectivity index (χ1) is 22.2. The van der Waals surface area contributed by atoms with Crippen molar-refractivity contribution in [1.82, 2.24) is 34.0 Å². The summed E-state index contributed by atoms with van der Waals surface area (Å²) in [5, 5.41) is 7.84. The molecule has 1 aliphatic heterocycles. The maximum atomic E-state index is 6.11. The minimum absolute atomic E-state index is 0.444. The number of anilines is 2. The maximum Gasteiger partial charge on any atom is 0.227 e. The van der Waals surface area contributed by atoms with Crippen molar-refractivity contribution in [2.75, 3.05) is 45.3 Å². The van der Waals surface area contributed by atoms with Gasteiger partial charge < -0.3 is 19.5 Å². The molecule has 1 fully saturated rings. The van der Waals surface area contributed by atoms with Gasteiger partial charge in [-0.1, -0.05) is 36.4 Å². The van der Waals surface area contributed by atoms with Crippen LogP contribution in [0.5, 0.6) is 11.5 Å². The van der Waals surface area contributed by atoms with Crippen molar-refractivity contribution < 1.29 is 14.2 Å². The summed E-state index contributed by atoms with van der Waals surface area (Å²) in [6.07, 6.45) is 7.51. The fourth-order valence-corrected chi connectivity index (χ4v) is 5.41. The highest BCUT2D eigenvalue weighted by Crippen LogP contribution is 2.37. The predicted molar refractivity (Wildman–Crippen MR) is 172 cm³/mol. The fraction of sp³-hybridized carbons (Fsp3) is 0.235. The highest BCUT2D eigenvalue weighted by Gasteiger charge is 2.20. The number of pyridine rings is 1. The summed E-state index contributed by atoms with van der Waals surface area (Å²) in [4.78, 5) is 16.8. The molecule has 2 aromatic carbocycles. The summed E-state index contributed by atoms with van der Waals surface area (Å²) in [5.41, 5.74) is 5.94. The number of morpholine rings is 1. The van der Waals surface area contributed by atoms with E-state index in [1.165, 1.54) is 0 Å². The summed E-state index contributed by atoms with van der Waals surface area (Å²) < 4.78 is 21.3. The van der Waals surface area contributed by atoms with Crippen LogP contribution in [-0.2, 0) is 17.9 Å². The Morgan fingerprint density at radius 1 is 0.911 bits per heavy atom. The number of benzene rings is 2. The molecule has 228 valence electrons. The lowest BCUT2D eigenvalue weighted by Gasteiger charge is -2.26. The van der Waals surface area contributed by atoms with E-state index in [2.05, 4.69) is 20.3 Å². The Kier molecular flexibility index (Phi) is 8.34. The molecule has 0 radical (unpaired) electrons. The molecule has 4 aromatic heterocycles. The average molecular weight is 603 g/mol. The monoisotopic (exact) mass is 602 g/mol. The second-order valence-corrected chi connectivity index (χ2v) is 10.7. The molecular weight excluding hydrogens is 568 g/mol. The number of ether oxygens (including phenoxy) is 3. The Bertz CT molecular complexity index is 1880. The van der Waals surface area contributed by atoms with Gasteiger partial charge in [0.05, 0.1) is 55.8 Å². The van der Waals surface area contributed by atoms with Gasteiger partial charge >= 0.3 is 0 Å². The van der Waals surface area contributed by atoms with Crippen LogP contribution in [0, 0.1) is 0 Å². The Morgan fingerprint density at radius 2 is 1.78 bits per heavy atom. The third-order valence-electron chi connectivity index (χ3n) is 7.74. The summed E-state index contributed by atoms with van der Waals surface area (Å²) in [7, 11) is 1.65. The molecule has 0 saturated carbocycles. The Hall–Kier alpha value is -5.26. The minimum atomic E-state index is 0.444. The van der Waals surface area contributed by atoms with Gasteiger partial charge in [-0.3, -0.25) is 14.0 Å². The standard InChI is InChI=1S/C34H34N8O3/c1-43-30-21-26(10-11-29(30)45-24-25-7-3-2-4-8-25)32-33(42-14-6-5-9-31(42)39-32)28-12-13-35-34(38-28)37-27-22-36-41(23-27)16-15-40-17-19-44-20-18-40/h2-14,21-23H,15-20,24H2,1H3,(H,35,37,38). The molecule has 0 bridgehead atoms. The zero-order chi connectivity index (χ0) is 30.4. The number of hydrogen-bond donors (Lipinski definition) is 1. The first-order valence-electron chi connectivity index (χ1n) is 15.0. The Balaban J connectivity index is 1.14. The van der Waals surface area contributed by atoms with Crippen LogP contribution in [-0.4, -0.2) is 74.0 Å². The molecule has 11 heteroatoms. The summed E-state index contributed by atoms with van der Waals surface area (Å²) in [6.45, 7) is 5.66. The molecule has 11 nitrogen and oxygen atoms in total. The van der Waals surface area contributed by atoms with Gasteiger partial charge in [0.25, 0.3) is 0 Å². The van der Waals surface area contributed by atoms with Gasteiger partial charge in [-0.25, -0.2) is 15.0 Å². The summed E-state index contributed by atoms with van der Waals surface area (Å²) in [6, 6.07) is 23.8. The van der Waals surface area contributed by atoms with Crippen molar-refractivity contribution in [3.8, 4) is 34.1 Å². The summed E-state index contributed by atoms with van der Waals surface area (Å²) in [5.74, 6) is 1.76. The number of nitrogens with zero attached hydrogens (tertiary/aromatic N) is 7.